The Kier molecular flexibility index (Phi) is 5.87. The van der Waals surface area contributed by atoms with Gasteiger partial charge in [-0.2, -0.15) is 5.10 Å². The highest BCUT2D eigenvalue weighted by Crippen LogP contribution is 2.21. The number of hydrogen-bond donors (Lipinski definition) is 1. The van der Waals surface area contributed by atoms with Gasteiger partial charge in [0, 0.05) is 11.6 Å². The van der Waals surface area contributed by atoms with Crippen LogP contribution < -0.4 is 5.32 Å². The van der Waals surface area contributed by atoms with Crippen LogP contribution in [0.5, 0.6) is 0 Å². The van der Waals surface area contributed by atoms with Crippen LogP contribution in [0.3, 0.4) is 0 Å². The van der Waals surface area contributed by atoms with Crippen molar-refractivity contribution < 1.29 is 4.79 Å². The van der Waals surface area contributed by atoms with Crippen LogP contribution in [0.25, 0.3) is 11.4 Å². The summed E-state index contributed by atoms with van der Waals surface area (Å²) in [5, 5.41) is 16.3. The van der Waals surface area contributed by atoms with Crippen molar-refractivity contribution in [2.24, 2.45) is 0 Å². The highest BCUT2D eigenvalue weighted by molar-refractivity contribution is 7.99. The third kappa shape index (κ3) is 4.82. The standard InChI is InChI=1S/C19H16ClN7OS/c20-15-2-1-3-17(8-15)26-13-23-25-19(26)29-10-18(28)22-9-14-4-6-16(7-5-14)27-12-21-11-24-27/h1-8,11-13H,9-10H2,(H,22,28). The summed E-state index contributed by atoms with van der Waals surface area (Å²) in [5.74, 6) is 0.145. The molecule has 8 nitrogen and oxygen atoms in total. The molecule has 2 aromatic carbocycles. The highest BCUT2D eigenvalue weighted by atomic mass is 35.5. The first-order valence-electron chi connectivity index (χ1n) is 8.68. The van der Waals surface area contributed by atoms with Crippen LogP contribution in [0, 0.1) is 0 Å². The van der Waals surface area contributed by atoms with Gasteiger partial charge in [0.25, 0.3) is 0 Å². The number of aromatic nitrogens is 6. The summed E-state index contributed by atoms with van der Waals surface area (Å²) in [5.41, 5.74) is 2.75. The lowest BCUT2D eigenvalue weighted by Crippen LogP contribution is -2.24. The monoisotopic (exact) mass is 425 g/mol. The van der Waals surface area contributed by atoms with Gasteiger partial charge < -0.3 is 5.32 Å². The van der Waals surface area contributed by atoms with E-state index in [1.54, 1.807) is 28.0 Å². The molecule has 0 radical (unpaired) electrons. The fourth-order valence-corrected chi connectivity index (χ4v) is 3.56. The lowest BCUT2D eigenvalue weighted by Gasteiger charge is -2.08. The molecule has 29 heavy (non-hydrogen) atoms. The van der Waals surface area contributed by atoms with Crippen molar-refractivity contribution in [3.63, 3.8) is 0 Å². The molecule has 0 aliphatic carbocycles. The number of nitrogens with one attached hydrogen (secondary N) is 1. The third-order valence-corrected chi connectivity index (χ3v) is 5.22. The highest BCUT2D eigenvalue weighted by Gasteiger charge is 2.10. The molecule has 0 aliphatic heterocycles. The number of benzene rings is 2. The van der Waals surface area contributed by atoms with E-state index in [-0.39, 0.29) is 11.7 Å². The molecule has 0 spiro atoms. The number of halogens is 1. The van der Waals surface area contributed by atoms with Gasteiger partial charge in [0.05, 0.1) is 17.1 Å². The third-order valence-electron chi connectivity index (χ3n) is 4.04. The molecule has 4 aromatic rings. The minimum Gasteiger partial charge on any atom is -0.351 e. The summed E-state index contributed by atoms with van der Waals surface area (Å²) in [6, 6.07) is 15.1. The summed E-state index contributed by atoms with van der Waals surface area (Å²) in [6.45, 7) is 0.442. The zero-order valence-electron chi connectivity index (χ0n) is 15.1. The second kappa shape index (κ2) is 8.89. The molecule has 2 aromatic heterocycles. The predicted octanol–water partition coefficient (Wildman–Crippen LogP) is 2.91. The SMILES string of the molecule is O=C(CSc1nncn1-c1cccc(Cl)c1)NCc1ccc(-n2cncn2)cc1. The molecule has 0 aliphatic rings. The number of nitrogens with zero attached hydrogens (tertiary/aromatic N) is 6. The van der Waals surface area contributed by atoms with E-state index in [9.17, 15) is 4.79 Å². The molecule has 0 fully saturated rings. The van der Waals surface area contributed by atoms with E-state index in [1.807, 2.05) is 42.5 Å². The molecule has 1 N–H and O–H groups in total. The largest absolute Gasteiger partial charge is 0.351 e. The quantitative estimate of drug-likeness (QED) is 0.458. The Hall–Kier alpha value is -3.17. The van der Waals surface area contributed by atoms with Gasteiger partial charge in [-0.25, -0.2) is 9.67 Å². The van der Waals surface area contributed by atoms with Crippen molar-refractivity contribution in [2.45, 2.75) is 11.7 Å². The van der Waals surface area contributed by atoms with E-state index in [1.165, 1.54) is 18.1 Å². The van der Waals surface area contributed by atoms with Gasteiger partial charge in [0.15, 0.2) is 5.16 Å². The molecule has 10 heteroatoms. The molecule has 0 unspecified atom stereocenters. The van der Waals surface area contributed by atoms with Gasteiger partial charge in [-0.15, -0.1) is 10.2 Å². The zero-order chi connectivity index (χ0) is 20.1. The van der Waals surface area contributed by atoms with Gasteiger partial charge in [-0.3, -0.25) is 9.36 Å². The summed E-state index contributed by atoms with van der Waals surface area (Å²) in [6.07, 6.45) is 4.72. The van der Waals surface area contributed by atoms with E-state index < -0.39 is 0 Å². The van der Waals surface area contributed by atoms with E-state index >= 15 is 0 Å². The van der Waals surface area contributed by atoms with Crippen molar-refractivity contribution in [1.82, 2.24) is 34.8 Å². The first kappa shape index (κ1) is 19.2. The second-order valence-corrected chi connectivity index (χ2v) is 7.41. The predicted molar refractivity (Wildman–Crippen MR) is 110 cm³/mol. The van der Waals surface area contributed by atoms with E-state index in [0.29, 0.717) is 16.7 Å². The molecule has 2 heterocycles. The first-order valence-corrected chi connectivity index (χ1v) is 10.0. The maximum absolute atomic E-state index is 12.2. The summed E-state index contributed by atoms with van der Waals surface area (Å²) >= 11 is 7.36. The Labute approximate surface area is 175 Å². The van der Waals surface area contributed by atoms with Crippen LogP contribution in [0.2, 0.25) is 5.02 Å². The Morgan fingerprint density at radius 2 is 1.97 bits per heavy atom. The molecule has 4 rings (SSSR count). The van der Waals surface area contributed by atoms with Crippen LogP contribution in [0.1, 0.15) is 5.56 Å². The van der Waals surface area contributed by atoms with Gasteiger partial charge in [0.2, 0.25) is 5.91 Å². The summed E-state index contributed by atoms with van der Waals surface area (Å²) in [4.78, 5) is 16.2. The van der Waals surface area contributed by atoms with Crippen LogP contribution in [-0.2, 0) is 11.3 Å². The molecular weight excluding hydrogens is 410 g/mol. The van der Waals surface area contributed by atoms with E-state index in [2.05, 4.69) is 25.6 Å². The normalized spacial score (nSPS) is 10.8. The topological polar surface area (TPSA) is 90.5 Å². The number of amides is 1. The maximum Gasteiger partial charge on any atom is 0.230 e. The molecule has 0 atom stereocenters. The van der Waals surface area contributed by atoms with Crippen LogP contribution in [0.15, 0.2) is 72.7 Å². The van der Waals surface area contributed by atoms with Crippen molar-refractivity contribution in [1.29, 1.82) is 0 Å². The molecule has 1 amide bonds. The molecule has 0 saturated carbocycles. The minimum absolute atomic E-state index is 0.0870. The fraction of sp³-hybridized carbons (Fsp3) is 0.105. The molecule has 0 bridgehead atoms. The number of hydrogen-bond acceptors (Lipinski definition) is 6. The van der Waals surface area contributed by atoms with Crippen LogP contribution >= 0.6 is 23.4 Å². The van der Waals surface area contributed by atoms with Crippen molar-refractivity contribution in [3.8, 4) is 11.4 Å². The maximum atomic E-state index is 12.2. The lowest BCUT2D eigenvalue weighted by atomic mass is 10.2. The molecule has 0 saturated heterocycles. The van der Waals surface area contributed by atoms with Gasteiger partial charge in [0.1, 0.15) is 19.0 Å². The Bertz CT molecular complexity index is 1100. The average Bonchev–Trinajstić information content (AvgIpc) is 3.43. The molecular formula is C19H16ClN7OS. The number of rotatable bonds is 7. The number of carbonyl (C=O) groups is 1. The van der Waals surface area contributed by atoms with Gasteiger partial charge in [-0.05, 0) is 35.9 Å². The summed E-state index contributed by atoms with van der Waals surface area (Å²) in [7, 11) is 0. The average molecular weight is 426 g/mol. The van der Waals surface area contributed by atoms with Crippen molar-refractivity contribution in [2.75, 3.05) is 5.75 Å². The minimum atomic E-state index is -0.0870. The zero-order valence-corrected chi connectivity index (χ0v) is 16.7. The van der Waals surface area contributed by atoms with Crippen LogP contribution in [0.4, 0.5) is 0 Å². The Morgan fingerprint density at radius 1 is 1.10 bits per heavy atom. The van der Waals surface area contributed by atoms with E-state index in [0.717, 1.165) is 16.9 Å². The number of thioether (sulfide) groups is 1. The van der Waals surface area contributed by atoms with Crippen LogP contribution in [-0.4, -0.2) is 41.2 Å². The lowest BCUT2D eigenvalue weighted by molar-refractivity contribution is -0.118. The fourth-order valence-electron chi connectivity index (χ4n) is 2.62. The smallest absolute Gasteiger partial charge is 0.230 e. The van der Waals surface area contributed by atoms with Crippen molar-refractivity contribution >= 4 is 29.3 Å². The number of carbonyl (C=O) groups excluding carboxylic acids is 1. The summed E-state index contributed by atoms with van der Waals surface area (Å²) < 4.78 is 3.47. The van der Waals surface area contributed by atoms with E-state index in [4.69, 9.17) is 11.6 Å². The first-order chi connectivity index (χ1) is 14.2. The Balaban J connectivity index is 1.30. The van der Waals surface area contributed by atoms with Gasteiger partial charge in [-0.1, -0.05) is 41.6 Å². The van der Waals surface area contributed by atoms with Gasteiger partial charge >= 0.3 is 0 Å². The van der Waals surface area contributed by atoms with Crippen molar-refractivity contribution in [3.05, 3.63) is 78.1 Å². The second-order valence-electron chi connectivity index (χ2n) is 6.04. The molecule has 146 valence electrons. The Morgan fingerprint density at radius 3 is 2.72 bits per heavy atom.